The number of H-pyrrole nitrogens is 1. The van der Waals surface area contributed by atoms with Gasteiger partial charge in [0.15, 0.2) is 0 Å². The summed E-state index contributed by atoms with van der Waals surface area (Å²) in [5.74, 6) is -0.323. The van der Waals surface area contributed by atoms with Crippen molar-refractivity contribution in [1.29, 1.82) is 0 Å². The van der Waals surface area contributed by atoms with Gasteiger partial charge in [-0.05, 0) is 6.42 Å². The summed E-state index contributed by atoms with van der Waals surface area (Å²) in [4.78, 5) is 25.7. The van der Waals surface area contributed by atoms with Gasteiger partial charge in [-0.3, -0.25) is 14.9 Å². The van der Waals surface area contributed by atoms with Crippen LogP contribution in [-0.2, 0) is 0 Å². The van der Waals surface area contributed by atoms with Gasteiger partial charge in [0, 0.05) is 6.07 Å². The van der Waals surface area contributed by atoms with Crippen LogP contribution in [0.4, 0.5) is 5.69 Å². The van der Waals surface area contributed by atoms with E-state index in [1.807, 2.05) is 6.92 Å². The SMILES string of the molecule is CCC1(O)CN(C(=O)c2cc([N+](=O)[O-])c[nH]2)C1. The second kappa shape index (κ2) is 3.85. The van der Waals surface area contributed by atoms with Crippen LogP contribution in [-0.4, -0.2) is 44.5 Å². The smallest absolute Gasteiger partial charge is 0.287 e. The van der Waals surface area contributed by atoms with Crippen molar-refractivity contribution in [1.82, 2.24) is 9.88 Å². The third-order valence-corrected chi connectivity index (χ3v) is 3.02. The number of nitrogens with zero attached hydrogens (tertiary/aromatic N) is 2. The number of β-amino-alcohol motifs (C(OH)–C–C–N with tert-alkyl or cyclic N) is 1. The highest BCUT2D eigenvalue weighted by molar-refractivity contribution is 5.93. The molecule has 17 heavy (non-hydrogen) atoms. The molecule has 1 fully saturated rings. The van der Waals surface area contributed by atoms with E-state index in [1.54, 1.807) is 0 Å². The van der Waals surface area contributed by atoms with Gasteiger partial charge in [0.25, 0.3) is 11.6 Å². The summed E-state index contributed by atoms with van der Waals surface area (Å²) < 4.78 is 0. The molecule has 1 amide bonds. The molecule has 0 unspecified atom stereocenters. The lowest BCUT2D eigenvalue weighted by atomic mass is 9.91. The Labute approximate surface area is 97.2 Å². The van der Waals surface area contributed by atoms with Gasteiger partial charge < -0.3 is 15.0 Å². The first-order valence-corrected chi connectivity index (χ1v) is 5.30. The van der Waals surface area contributed by atoms with Crippen molar-refractivity contribution in [3.8, 4) is 0 Å². The minimum atomic E-state index is -0.797. The van der Waals surface area contributed by atoms with Crippen molar-refractivity contribution >= 4 is 11.6 Å². The Kier molecular flexibility index (Phi) is 2.62. The molecule has 0 aromatic carbocycles. The standard InChI is InChI=1S/C10H13N3O4/c1-2-10(15)5-12(6-10)9(14)8-3-7(4-11-8)13(16)17/h3-4,11,15H,2,5-6H2,1H3. The van der Waals surface area contributed by atoms with Crippen LogP contribution in [0.3, 0.4) is 0 Å². The van der Waals surface area contributed by atoms with Crippen LogP contribution in [0.1, 0.15) is 23.8 Å². The molecule has 1 saturated heterocycles. The number of carbonyl (C=O) groups is 1. The third kappa shape index (κ3) is 2.01. The lowest BCUT2D eigenvalue weighted by Gasteiger charge is -2.45. The number of aromatic amines is 1. The van der Waals surface area contributed by atoms with Crippen LogP contribution in [0.15, 0.2) is 12.3 Å². The summed E-state index contributed by atoms with van der Waals surface area (Å²) in [7, 11) is 0. The van der Waals surface area contributed by atoms with E-state index in [0.29, 0.717) is 6.42 Å². The molecule has 0 saturated carbocycles. The number of hydrogen-bond donors (Lipinski definition) is 2. The van der Waals surface area contributed by atoms with Gasteiger partial charge in [-0.1, -0.05) is 6.92 Å². The minimum absolute atomic E-state index is 0.139. The number of hydrogen-bond acceptors (Lipinski definition) is 4. The number of aliphatic hydroxyl groups is 1. The summed E-state index contributed by atoms with van der Waals surface area (Å²) in [6.45, 7) is 2.39. The molecule has 1 aliphatic rings. The zero-order chi connectivity index (χ0) is 12.6. The number of aromatic nitrogens is 1. The first-order chi connectivity index (χ1) is 7.95. The van der Waals surface area contributed by atoms with Crippen molar-refractivity contribution < 1.29 is 14.8 Å². The fraction of sp³-hybridized carbons (Fsp3) is 0.500. The summed E-state index contributed by atoms with van der Waals surface area (Å²) in [5.41, 5.74) is -0.761. The second-order valence-corrected chi connectivity index (χ2v) is 4.27. The molecular weight excluding hydrogens is 226 g/mol. The number of amides is 1. The Bertz CT molecular complexity index is 462. The van der Waals surface area contributed by atoms with E-state index in [-0.39, 0.29) is 30.4 Å². The molecule has 2 heterocycles. The summed E-state index contributed by atoms with van der Waals surface area (Å²) in [6, 6.07) is 1.20. The molecule has 1 aromatic rings. The Balaban J connectivity index is 2.04. The van der Waals surface area contributed by atoms with Crippen LogP contribution >= 0.6 is 0 Å². The molecule has 2 rings (SSSR count). The molecule has 0 spiro atoms. The number of rotatable bonds is 3. The Morgan fingerprint density at radius 2 is 2.35 bits per heavy atom. The van der Waals surface area contributed by atoms with E-state index in [9.17, 15) is 20.0 Å². The first-order valence-electron chi connectivity index (χ1n) is 5.30. The van der Waals surface area contributed by atoms with Crippen molar-refractivity contribution in [2.75, 3.05) is 13.1 Å². The summed E-state index contributed by atoms with van der Waals surface area (Å²) >= 11 is 0. The normalized spacial score (nSPS) is 17.6. The molecule has 2 N–H and O–H groups in total. The lowest BCUT2D eigenvalue weighted by Crippen LogP contribution is -2.63. The monoisotopic (exact) mass is 239 g/mol. The van der Waals surface area contributed by atoms with E-state index in [4.69, 9.17) is 0 Å². The summed E-state index contributed by atoms with van der Waals surface area (Å²) in [6.07, 6.45) is 1.76. The highest BCUT2D eigenvalue weighted by atomic mass is 16.6. The van der Waals surface area contributed by atoms with E-state index in [2.05, 4.69) is 4.98 Å². The molecule has 7 nitrogen and oxygen atoms in total. The van der Waals surface area contributed by atoms with Gasteiger partial charge in [-0.25, -0.2) is 0 Å². The maximum absolute atomic E-state index is 11.8. The third-order valence-electron chi connectivity index (χ3n) is 3.02. The van der Waals surface area contributed by atoms with Gasteiger partial charge in [-0.15, -0.1) is 0 Å². The van der Waals surface area contributed by atoms with E-state index < -0.39 is 10.5 Å². The molecule has 1 aliphatic heterocycles. The molecule has 0 bridgehead atoms. The lowest BCUT2D eigenvalue weighted by molar-refractivity contribution is -0.384. The van der Waals surface area contributed by atoms with Gasteiger partial charge in [-0.2, -0.15) is 0 Å². The highest BCUT2D eigenvalue weighted by Gasteiger charge is 2.42. The topological polar surface area (TPSA) is 99.5 Å². The number of nitrogens with one attached hydrogen (secondary N) is 1. The van der Waals surface area contributed by atoms with Crippen molar-refractivity contribution in [2.24, 2.45) is 0 Å². The predicted octanol–water partition coefficient (Wildman–Crippen LogP) is 0.520. The Morgan fingerprint density at radius 1 is 1.71 bits per heavy atom. The fourth-order valence-electron chi connectivity index (χ4n) is 1.81. The average molecular weight is 239 g/mol. The van der Waals surface area contributed by atoms with Crippen LogP contribution in [0, 0.1) is 10.1 Å². The first kappa shape index (κ1) is 11.6. The second-order valence-electron chi connectivity index (χ2n) is 4.27. The van der Waals surface area contributed by atoms with Gasteiger partial charge in [0.05, 0.1) is 29.8 Å². The largest absolute Gasteiger partial charge is 0.386 e. The maximum atomic E-state index is 11.8. The maximum Gasteiger partial charge on any atom is 0.287 e. The van der Waals surface area contributed by atoms with E-state index in [0.717, 1.165) is 0 Å². The average Bonchev–Trinajstić information content (AvgIpc) is 2.73. The van der Waals surface area contributed by atoms with Crippen LogP contribution in [0.2, 0.25) is 0 Å². The molecule has 92 valence electrons. The number of carbonyl (C=O) groups excluding carboxylic acids is 1. The molecule has 7 heteroatoms. The van der Waals surface area contributed by atoms with E-state index >= 15 is 0 Å². The van der Waals surface area contributed by atoms with E-state index in [1.165, 1.54) is 17.2 Å². The van der Waals surface area contributed by atoms with Gasteiger partial charge in [0.2, 0.25) is 0 Å². The van der Waals surface area contributed by atoms with Gasteiger partial charge in [0.1, 0.15) is 5.69 Å². The Hall–Kier alpha value is -1.89. The van der Waals surface area contributed by atoms with Crippen LogP contribution in [0.5, 0.6) is 0 Å². The zero-order valence-electron chi connectivity index (χ0n) is 9.34. The fourth-order valence-corrected chi connectivity index (χ4v) is 1.81. The molecule has 0 radical (unpaired) electrons. The Morgan fingerprint density at radius 3 is 2.82 bits per heavy atom. The molecular formula is C10H13N3O4. The highest BCUT2D eigenvalue weighted by Crippen LogP contribution is 2.26. The molecule has 0 aliphatic carbocycles. The van der Waals surface area contributed by atoms with Crippen LogP contribution < -0.4 is 0 Å². The van der Waals surface area contributed by atoms with Crippen LogP contribution in [0.25, 0.3) is 0 Å². The predicted molar refractivity (Wildman–Crippen MR) is 58.6 cm³/mol. The minimum Gasteiger partial charge on any atom is -0.386 e. The number of nitro groups is 1. The molecule has 0 atom stereocenters. The molecule has 1 aromatic heterocycles. The number of likely N-dealkylation sites (tertiary alicyclic amines) is 1. The van der Waals surface area contributed by atoms with Crippen molar-refractivity contribution in [3.63, 3.8) is 0 Å². The van der Waals surface area contributed by atoms with Gasteiger partial charge >= 0.3 is 0 Å². The van der Waals surface area contributed by atoms with Crippen molar-refractivity contribution in [2.45, 2.75) is 18.9 Å². The summed E-state index contributed by atoms with van der Waals surface area (Å²) in [5, 5.41) is 20.2. The van der Waals surface area contributed by atoms with Crippen molar-refractivity contribution in [3.05, 3.63) is 28.1 Å². The quantitative estimate of drug-likeness (QED) is 0.593. The zero-order valence-corrected chi connectivity index (χ0v) is 9.34.